The topological polar surface area (TPSA) is 27.7 Å². The fourth-order valence-electron chi connectivity index (χ4n) is 1.56. The normalized spacial score (nSPS) is 14.1. The van der Waals surface area contributed by atoms with Crippen LogP contribution in [-0.4, -0.2) is 33.1 Å². The second-order valence-electron chi connectivity index (χ2n) is 3.51. The molecule has 0 aromatic rings. The second kappa shape index (κ2) is 9.59. The predicted molar refractivity (Wildman–Crippen MR) is 72.9 cm³/mol. The third-order valence-corrected chi connectivity index (χ3v) is 7.50. The van der Waals surface area contributed by atoms with Crippen molar-refractivity contribution in [3.8, 4) is 0 Å². The summed E-state index contributed by atoms with van der Waals surface area (Å²) in [7, 11) is -2.52. The molecule has 0 fully saturated rings. The summed E-state index contributed by atoms with van der Waals surface area (Å²) in [6.45, 7) is 10.1. The standard InChI is InChI=1S/C11H25BrO3Si/c1-5-9-10-11(12)16(13-6-2,14-7-3)15-8-4/h11H,5-10H2,1-4H3. The van der Waals surface area contributed by atoms with Crippen molar-refractivity contribution >= 4 is 24.7 Å². The van der Waals surface area contributed by atoms with Crippen molar-refractivity contribution in [1.82, 2.24) is 0 Å². The minimum Gasteiger partial charge on any atom is -0.373 e. The first-order chi connectivity index (χ1) is 7.66. The van der Waals surface area contributed by atoms with Gasteiger partial charge in [0.15, 0.2) is 0 Å². The monoisotopic (exact) mass is 312 g/mol. The van der Waals surface area contributed by atoms with Crippen LogP contribution in [0.2, 0.25) is 0 Å². The first kappa shape index (κ1) is 16.6. The summed E-state index contributed by atoms with van der Waals surface area (Å²) in [5.41, 5.74) is 0. The van der Waals surface area contributed by atoms with E-state index in [1.165, 1.54) is 6.42 Å². The average molecular weight is 313 g/mol. The zero-order chi connectivity index (χ0) is 12.4. The largest absolute Gasteiger partial charge is 0.515 e. The molecule has 0 saturated heterocycles. The lowest BCUT2D eigenvalue weighted by Crippen LogP contribution is -2.54. The Balaban J connectivity index is 4.54. The summed E-state index contributed by atoms with van der Waals surface area (Å²) in [5.74, 6) is 0. The smallest absolute Gasteiger partial charge is 0.373 e. The molecule has 0 radical (unpaired) electrons. The van der Waals surface area contributed by atoms with Gasteiger partial charge in [0.2, 0.25) is 0 Å². The van der Waals surface area contributed by atoms with Crippen molar-refractivity contribution in [1.29, 1.82) is 0 Å². The molecule has 1 unspecified atom stereocenters. The van der Waals surface area contributed by atoms with E-state index >= 15 is 0 Å². The van der Waals surface area contributed by atoms with Crippen molar-refractivity contribution in [2.24, 2.45) is 0 Å². The molecule has 1 atom stereocenters. The van der Waals surface area contributed by atoms with Gasteiger partial charge in [-0.15, -0.1) is 0 Å². The van der Waals surface area contributed by atoms with Crippen LogP contribution in [0.3, 0.4) is 0 Å². The van der Waals surface area contributed by atoms with Gasteiger partial charge in [-0.05, 0) is 27.2 Å². The third-order valence-electron chi connectivity index (χ3n) is 2.23. The molecule has 0 amide bonds. The average Bonchev–Trinajstić information content (AvgIpc) is 2.26. The summed E-state index contributed by atoms with van der Waals surface area (Å²) < 4.78 is 17.7. The van der Waals surface area contributed by atoms with Crippen molar-refractivity contribution < 1.29 is 13.3 Å². The maximum atomic E-state index is 5.82. The quantitative estimate of drug-likeness (QED) is 0.456. The molecule has 5 heteroatoms. The predicted octanol–water partition coefficient (Wildman–Crippen LogP) is 3.53. The van der Waals surface area contributed by atoms with Gasteiger partial charge < -0.3 is 13.3 Å². The fraction of sp³-hybridized carbons (Fsp3) is 1.00. The molecule has 0 aliphatic carbocycles. The molecule has 0 N–H and O–H groups in total. The van der Waals surface area contributed by atoms with Gasteiger partial charge in [-0.25, -0.2) is 0 Å². The summed E-state index contributed by atoms with van der Waals surface area (Å²) in [6.07, 6.45) is 3.39. The van der Waals surface area contributed by atoms with E-state index < -0.39 is 8.80 Å². The van der Waals surface area contributed by atoms with E-state index in [2.05, 4.69) is 22.9 Å². The lowest BCUT2D eigenvalue weighted by Gasteiger charge is -2.32. The zero-order valence-electron chi connectivity index (χ0n) is 10.9. The minimum absolute atomic E-state index is 0.208. The highest BCUT2D eigenvalue weighted by molar-refractivity contribution is 9.10. The summed E-state index contributed by atoms with van der Waals surface area (Å²) >= 11 is 3.69. The Morgan fingerprint density at radius 3 is 1.69 bits per heavy atom. The number of unbranched alkanes of at least 4 members (excludes halogenated alkanes) is 1. The SMILES string of the molecule is CCCCC(Br)[Si](OCC)(OCC)OCC. The van der Waals surface area contributed by atoms with E-state index in [0.29, 0.717) is 19.8 Å². The molecule has 16 heavy (non-hydrogen) atoms. The van der Waals surface area contributed by atoms with E-state index in [1.54, 1.807) is 0 Å². The van der Waals surface area contributed by atoms with Gasteiger partial charge >= 0.3 is 8.80 Å². The van der Waals surface area contributed by atoms with Crippen LogP contribution in [0.15, 0.2) is 0 Å². The van der Waals surface area contributed by atoms with E-state index in [4.69, 9.17) is 13.3 Å². The van der Waals surface area contributed by atoms with Crippen LogP contribution in [0.1, 0.15) is 47.0 Å². The van der Waals surface area contributed by atoms with Gasteiger partial charge in [0.25, 0.3) is 0 Å². The Morgan fingerprint density at radius 2 is 1.38 bits per heavy atom. The molecule has 0 rings (SSSR count). The van der Waals surface area contributed by atoms with Gasteiger partial charge in [-0.1, -0.05) is 35.7 Å². The van der Waals surface area contributed by atoms with E-state index in [1.807, 2.05) is 20.8 Å². The molecule has 0 heterocycles. The molecular formula is C11H25BrO3Si. The number of hydrogen-bond acceptors (Lipinski definition) is 3. The first-order valence-electron chi connectivity index (χ1n) is 6.22. The van der Waals surface area contributed by atoms with Crippen molar-refractivity contribution in [3.05, 3.63) is 0 Å². The second-order valence-corrected chi connectivity index (χ2v) is 8.23. The van der Waals surface area contributed by atoms with Gasteiger partial charge in [-0.2, -0.15) is 0 Å². The Labute approximate surface area is 109 Å². The van der Waals surface area contributed by atoms with Crippen LogP contribution in [0, 0.1) is 0 Å². The first-order valence-corrected chi connectivity index (χ1v) is 8.94. The molecule has 98 valence electrons. The van der Waals surface area contributed by atoms with Crippen molar-refractivity contribution in [2.75, 3.05) is 19.8 Å². The fourth-order valence-corrected chi connectivity index (χ4v) is 5.63. The molecule has 0 bridgehead atoms. The molecule has 0 aromatic carbocycles. The highest BCUT2D eigenvalue weighted by Crippen LogP contribution is 2.25. The molecule has 0 aliphatic rings. The Bertz CT molecular complexity index is 152. The highest BCUT2D eigenvalue weighted by Gasteiger charge is 2.47. The maximum absolute atomic E-state index is 5.82. The lowest BCUT2D eigenvalue weighted by atomic mass is 10.3. The third kappa shape index (κ3) is 5.27. The summed E-state index contributed by atoms with van der Waals surface area (Å²) in [5, 5.41) is 0. The van der Waals surface area contributed by atoms with E-state index in [-0.39, 0.29) is 4.45 Å². The van der Waals surface area contributed by atoms with Crippen molar-refractivity contribution in [2.45, 2.75) is 51.4 Å². The van der Waals surface area contributed by atoms with Crippen LogP contribution in [0.25, 0.3) is 0 Å². The molecular weight excluding hydrogens is 288 g/mol. The summed E-state index contributed by atoms with van der Waals surface area (Å²) in [4.78, 5) is 0. The molecule has 0 aliphatic heterocycles. The molecule has 0 saturated carbocycles. The molecule has 0 aromatic heterocycles. The lowest BCUT2D eigenvalue weighted by molar-refractivity contribution is 0.0692. The van der Waals surface area contributed by atoms with Gasteiger partial charge in [0, 0.05) is 19.8 Å². The summed E-state index contributed by atoms with van der Waals surface area (Å²) in [6, 6.07) is 0. The Morgan fingerprint density at radius 1 is 0.938 bits per heavy atom. The molecule has 3 nitrogen and oxygen atoms in total. The number of alkyl halides is 1. The number of halogens is 1. The zero-order valence-corrected chi connectivity index (χ0v) is 13.5. The van der Waals surface area contributed by atoms with Crippen LogP contribution in [0.5, 0.6) is 0 Å². The van der Waals surface area contributed by atoms with Gasteiger partial charge in [0.05, 0.1) is 4.45 Å². The maximum Gasteiger partial charge on any atom is 0.515 e. The number of hydrogen-bond donors (Lipinski definition) is 0. The van der Waals surface area contributed by atoms with Crippen LogP contribution >= 0.6 is 15.9 Å². The molecule has 0 spiro atoms. The van der Waals surface area contributed by atoms with Crippen LogP contribution < -0.4 is 0 Å². The number of rotatable bonds is 10. The van der Waals surface area contributed by atoms with Crippen molar-refractivity contribution in [3.63, 3.8) is 0 Å². The van der Waals surface area contributed by atoms with Crippen LogP contribution in [0.4, 0.5) is 0 Å². The van der Waals surface area contributed by atoms with Gasteiger partial charge in [-0.3, -0.25) is 0 Å². The van der Waals surface area contributed by atoms with E-state index in [0.717, 1.165) is 12.8 Å². The van der Waals surface area contributed by atoms with Gasteiger partial charge in [0.1, 0.15) is 0 Å². The highest BCUT2D eigenvalue weighted by atomic mass is 79.9. The Kier molecular flexibility index (Phi) is 9.94. The van der Waals surface area contributed by atoms with E-state index in [9.17, 15) is 0 Å². The Hall–Kier alpha value is 0.577. The minimum atomic E-state index is -2.52. The van der Waals surface area contributed by atoms with Crippen LogP contribution in [-0.2, 0) is 13.3 Å².